The molecule has 0 fully saturated rings. The molecule has 0 aliphatic carbocycles. The Hall–Kier alpha value is -2.09. The second-order valence-electron chi connectivity index (χ2n) is 4.92. The maximum atomic E-state index is 13.0. The minimum atomic E-state index is -0.535. The third kappa shape index (κ3) is 5.87. The number of amides is 1. The molecule has 1 heterocycles. The van der Waals surface area contributed by atoms with Crippen LogP contribution in [-0.2, 0) is 4.74 Å². The molecule has 0 atom stereocenters. The van der Waals surface area contributed by atoms with E-state index in [9.17, 15) is 9.18 Å². The highest BCUT2D eigenvalue weighted by molar-refractivity contribution is 5.68. The summed E-state index contributed by atoms with van der Waals surface area (Å²) in [7, 11) is 0. The zero-order chi connectivity index (χ0) is 14.5. The third-order valence-electron chi connectivity index (χ3n) is 1.96. The van der Waals surface area contributed by atoms with Crippen molar-refractivity contribution in [3.8, 4) is 11.8 Å². The number of nitrogens with zero attached hydrogens (tertiary/aromatic N) is 1. The van der Waals surface area contributed by atoms with E-state index in [1.807, 2.05) is 0 Å². The first-order chi connectivity index (χ1) is 8.78. The van der Waals surface area contributed by atoms with Crippen LogP contribution in [0.5, 0.6) is 0 Å². The molecule has 0 saturated heterocycles. The van der Waals surface area contributed by atoms with E-state index in [1.54, 1.807) is 27.7 Å². The fraction of sp³-hybridized carbons (Fsp3) is 0.429. The fourth-order valence-electron chi connectivity index (χ4n) is 1.18. The smallest absolute Gasteiger partial charge is 0.408 e. The molecule has 1 rings (SSSR count). The number of carbonyl (C=O) groups excluding carboxylic acids is 1. The number of halogens is 1. The van der Waals surface area contributed by atoms with Crippen molar-refractivity contribution in [1.82, 2.24) is 10.3 Å². The van der Waals surface area contributed by atoms with Crippen LogP contribution in [0.25, 0.3) is 0 Å². The van der Waals surface area contributed by atoms with Crippen molar-refractivity contribution in [2.45, 2.75) is 33.3 Å². The topological polar surface area (TPSA) is 51.2 Å². The molecule has 19 heavy (non-hydrogen) atoms. The van der Waals surface area contributed by atoms with Crippen LogP contribution in [0.15, 0.2) is 12.1 Å². The Bertz CT molecular complexity index is 524. The second kappa shape index (κ2) is 6.19. The predicted octanol–water partition coefficient (Wildman–Crippen LogP) is 2.41. The van der Waals surface area contributed by atoms with Gasteiger partial charge in [0, 0.05) is 0 Å². The van der Waals surface area contributed by atoms with Gasteiger partial charge in [0.15, 0.2) is 0 Å². The van der Waals surface area contributed by atoms with Crippen molar-refractivity contribution in [2.75, 3.05) is 6.54 Å². The molecule has 102 valence electrons. The van der Waals surface area contributed by atoms with Gasteiger partial charge in [0.05, 0.1) is 12.2 Å². The van der Waals surface area contributed by atoms with Crippen molar-refractivity contribution in [2.24, 2.45) is 0 Å². The molecule has 0 radical (unpaired) electrons. The van der Waals surface area contributed by atoms with E-state index in [0.29, 0.717) is 11.4 Å². The lowest BCUT2D eigenvalue weighted by molar-refractivity contribution is 0.0535. The maximum Gasteiger partial charge on any atom is 0.408 e. The Morgan fingerprint density at radius 3 is 2.74 bits per heavy atom. The van der Waals surface area contributed by atoms with Gasteiger partial charge in [0.2, 0.25) is 0 Å². The van der Waals surface area contributed by atoms with Crippen molar-refractivity contribution in [3.05, 3.63) is 29.3 Å². The molecule has 0 saturated carbocycles. The first kappa shape index (κ1) is 15.0. The van der Waals surface area contributed by atoms with Gasteiger partial charge < -0.3 is 10.1 Å². The molecule has 4 nitrogen and oxygen atoms in total. The van der Waals surface area contributed by atoms with Gasteiger partial charge in [-0.1, -0.05) is 5.92 Å². The van der Waals surface area contributed by atoms with E-state index in [4.69, 9.17) is 4.74 Å². The van der Waals surface area contributed by atoms with Crippen LogP contribution >= 0.6 is 0 Å². The summed E-state index contributed by atoms with van der Waals surface area (Å²) in [6.07, 6.45) is -0.523. The monoisotopic (exact) mass is 264 g/mol. The summed E-state index contributed by atoms with van der Waals surface area (Å²) in [6.45, 7) is 7.06. The number of hydrogen-bond donors (Lipinski definition) is 1. The minimum absolute atomic E-state index is 0.146. The van der Waals surface area contributed by atoms with Crippen LogP contribution in [0, 0.1) is 24.6 Å². The Morgan fingerprint density at radius 1 is 1.47 bits per heavy atom. The van der Waals surface area contributed by atoms with Crippen LogP contribution in [0.1, 0.15) is 32.2 Å². The van der Waals surface area contributed by atoms with Gasteiger partial charge in [-0.25, -0.2) is 14.2 Å². The van der Waals surface area contributed by atoms with Crippen molar-refractivity contribution in [1.29, 1.82) is 0 Å². The van der Waals surface area contributed by atoms with Crippen LogP contribution in [-0.4, -0.2) is 23.2 Å². The molecule has 0 bridgehead atoms. The number of alkyl carbamates (subject to hydrolysis) is 1. The van der Waals surface area contributed by atoms with Gasteiger partial charge in [-0.15, -0.1) is 0 Å². The predicted molar refractivity (Wildman–Crippen MR) is 70.0 cm³/mol. The fourth-order valence-corrected chi connectivity index (χ4v) is 1.18. The normalized spacial score (nSPS) is 10.4. The molecule has 0 spiro atoms. The number of carbonyl (C=O) groups is 1. The third-order valence-corrected chi connectivity index (χ3v) is 1.96. The Balaban J connectivity index is 2.47. The SMILES string of the molecule is Cc1nc(C#CCNC(=O)OC(C)(C)C)ccc1F. The minimum Gasteiger partial charge on any atom is -0.444 e. The highest BCUT2D eigenvalue weighted by Crippen LogP contribution is 2.06. The van der Waals surface area contributed by atoms with E-state index in [1.165, 1.54) is 12.1 Å². The Kier molecular flexibility index (Phi) is 4.87. The summed E-state index contributed by atoms with van der Waals surface area (Å²) in [5, 5.41) is 2.50. The molecule has 1 aromatic heterocycles. The standard InChI is InChI=1S/C14H17FN2O2/c1-10-12(15)8-7-11(17-10)6-5-9-16-13(18)19-14(2,3)4/h7-8H,9H2,1-4H3,(H,16,18). The molecule has 0 aromatic carbocycles. The molecular formula is C14H17FN2O2. The molecular weight excluding hydrogens is 247 g/mol. The van der Waals surface area contributed by atoms with Crippen LogP contribution in [0.3, 0.4) is 0 Å². The maximum absolute atomic E-state index is 13.0. The molecule has 1 N–H and O–H groups in total. The van der Waals surface area contributed by atoms with Gasteiger partial charge in [-0.3, -0.25) is 0 Å². The molecule has 0 aliphatic rings. The van der Waals surface area contributed by atoms with Crippen molar-refractivity contribution in [3.63, 3.8) is 0 Å². The molecule has 1 aromatic rings. The van der Waals surface area contributed by atoms with E-state index >= 15 is 0 Å². The summed E-state index contributed by atoms with van der Waals surface area (Å²) in [5.41, 5.74) is 0.226. The summed E-state index contributed by atoms with van der Waals surface area (Å²) in [4.78, 5) is 15.3. The quantitative estimate of drug-likeness (QED) is 0.792. The molecule has 0 aliphatic heterocycles. The summed E-state index contributed by atoms with van der Waals surface area (Å²) in [5.74, 6) is 5.09. The molecule has 5 heteroatoms. The molecule has 1 amide bonds. The van der Waals surface area contributed by atoms with E-state index < -0.39 is 11.7 Å². The number of rotatable bonds is 1. The average molecular weight is 264 g/mol. The zero-order valence-corrected chi connectivity index (χ0v) is 11.5. The largest absolute Gasteiger partial charge is 0.444 e. The van der Waals surface area contributed by atoms with Crippen LogP contribution < -0.4 is 5.32 Å². The Labute approximate surface area is 112 Å². The number of nitrogens with one attached hydrogen (secondary N) is 1. The van der Waals surface area contributed by atoms with Crippen molar-refractivity contribution >= 4 is 6.09 Å². The number of aromatic nitrogens is 1. The number of aryl methyl sites for hydroxylation is 1. The van der Waals surface area contributed by atoms with Gasteiger partial charge in [-0.2, -0.15) is 0 Å². The van der Waals surface area contributed by atoms with Crippen LogP contribution in [0.2, 0.25) is 0 Å². The molecule has 0 unspecified atom stereocenters. The van der Waals surface area contributed by atoms with Gasteiger partial charge in [0.1, 0.15) is 17.1 Å². The first-order valence-electron chi connectivity index (χ1n) is 5.87. The Morgan fingerprint density at radius 2 is 2.16 bits per heavy atom. The number of pyridine rings is 1. The van der Waals surface area contributed by atoms with E-state index in [2.05, 4.69) is 22.1 Å². The number of hydrogen-bond acceptors (Lipinski definition) is 3. The lowest BCUT2D eigenvalue weighted by atomic mass is 10.2. The van der Waals surface area contributed by atoms with Crippen molar-refractivity contribution < 1.29 is 13.9 Å². The van der Waals surface area contributed by atoms with Gasteiger partial charge in [-0.05, 0) is 45.7 Å². The highest BCUT2D eigenvalue weighted by Gasteiger charge is 2.14. The highest BCUT2D eigenvalue weighted by atomic mass is 19.1. The van der Waals surface area contributed by atoms with Gasteiger partial charge in [0.25, 0.3) is 0 Å². The van der Waals surface area contributed by atoms with Crippen LogP contribution in [0.4, 0.5) is 9.18 Å². The second-order valence-corrected chi connectivity index (χ2v) is 4.92. The van der Waals surface area contributed by atoms with E-state index in [-0.39, 0.29) is 12.4 Å². The van der Waals surface area contributed by atoms with E-state index in [0.717, 1.165) is 0 Å². The lowest BCUT2D eigenvalue weighted by Crippen LogP contribution is -2.32. The summed E-state index contributed by atoms with van der Waals surface area (Å²) >= 11 is 0. The summed E-state index contributed by atoms with van der Waals surface area (Å²) in [6, 6.07) is 2.80. The first-order valence-corrected chi connectivity index (χ1v) is 5.87. The summed E-state index contributed by atoms with van der Waals surface area (Å²) < 4.78 is 18.0. The number of ether oxygens (including phenoxy) is 1. The lowest BCUT2D eigenvalue weighted by Gasteiger charge is -2.18. The van der Waals surface area contributed by atoms with Gasteiger partial charge >= 0.3 is 6.09 Å². The zero-order valence-electron chi connectivity index (χ0n) is 11.5. The average Bonchev–Trinajstić information content (AvgIpc) is 2.27.